The third kappa shape index (κ3) is 4.55. The molecule has 3 N–H and O–H groups in total. The van der Waals surface area contributed by atoms with Crippen molar-refractivity contribution in [2.75, 3.05) is 19.5 Å². The van der Waals surface area contributed by atoms with E-state index in [-0.39, 0.29) is 5.96 Å². The Morgan fingerprint density at radius 3 is 2.33 bits per heavy atom. The summed E-state index contributed by atoms with van der Waals surface area (Å²) in [7, 11) is 3.23. The van der Waals surface area contributed by atoms with Gasteiger partial charge < -0.3 is 20.5 Å². The van der Waals surface area contributed by atoms with Crippen LogP contribution >= 0.6 is 0 Å². The zero-order valence-electron chi connectivity index (χ0n) is 15.3. The molecule has 1 heterocycles. The van der Waals surface area contributed by atoms with Gasteiger partial charge in [0.05, 0.1) is 26.3 Å². The lowest BCUT2D eigenvalue weighted by Gasteiger charge is -2.12. The van der Waals surface area contributed by atoms with Gasteiger partial charge in [-0.25, -0.2) is 9.98 Å². The molecular formula is C21H22N4O2. The second-order valence-corrected chi connectivity index (χ2v) is 5.76. The summed E-state index contributed by atoms with van der Waals surface area (Å²) in [5, 5.41) is 3.03. The van der Waals surface area contributed by atoms with Crippen molar-refractivity contribution in [3.8, 4) is 22.6 Å². The first-order valence-corrected chi connectivity index (χ1v) is 8.49. The van der Waals surface area contributed by atoms with Crippen molar-refractivity contribution in [1.82, 2.24) is 4.98 Å². The van der Waals surface area contributed by atoms with Crippen molar-refractivity contribution >= 4 is 11.8 Å². The molecule has 138 valence electrons. The number of hydrogen-bond donors (Lipinski definition) is 2. The molecule has 0 aliphatic carbocycles. The van der Waals surface area contributed by atoms with Crippen molar-refractivity contribution in [2.24, 2.45) is 10.7 Å². The van der Waals surface area contributed by atoms with Crippen LogP contribution in [0.3, 0.4) is 0 Å². The fourth-order valence-corrected chi connectivity index (χ4v) is 2.73. The highest BCUT2D eigenvalue weighted by Crippen LogP contribution is 2.28. The molecule has 0 radical (unpaired) electrons. The van der Waals surface area contributed by atoms with Gasteiger partial charge in [0.25, 0.3) is 0 Å². The van der Waals surface area contributed by atoms with Crippen molar-refractivity contribution in [3.05, 3.63) is 72.4 Å². The van der Waals surface area contributed by atoms with Gasteiger partial charge in [-0.1, -0.05) is 36.4 Å². The molecule has 3 aromatic rings. The Balaban J connectivity index is 1.76. The van der Waals surface area contributed by atoms with E-state index in [1.165, 1.54) is 0 Å². The van der Waals surface area contributed by atoms with E-state index >= 15 is 0 Å². The van der Waals surface area contributed by atoms with Crippen LogP contribution in [0.2, 0.25) is 0 Å². The van der Waals surface area contributed by atoms with Crippen LogP contribution in [0.4, 0.5) is 5.82 Å². The maximum absolute atomic E-state index is 6.04. The number of methoxy groups -OCH3 is 2. The highest BCUT2D eigenvalue weighted by molar-refractivity contribution is 5.92. The van der Waals surface area contributed by atoms with Crippen molar-refractivity contribution in [3.63, 3.8) is 0 Å². The molecular weight excluding hydrogens is 340 g/mol. The molecule has 0 bridgehead atoms. The van der Waals surface area contributed by atoms with Gasteiger partial charge in [-0.15, -0.1) is 0 Å². The number of hydrogen-bond acceptors (Lipinski definition) is 4. The molecule has 0 aliphatic heterocycles. The van der Waals surface area contributed by atoms with Gasteiger partial charge in [0, 0.05) is 6.20 Å². The summed E-state index contributed by atoms with van der Waals surface area (Å²) in [6, 6.07) is 19.6. The standard InChI is InChI=1S/C21H22N4O2/c1-26-18-9-6-10-19(27-2)17(18)14-24-21(22)25-20-13-16(11-12-23-20)15-7-4-3-5-8-15/h3-13H,14H2,1-2H3,(H3,22,23,24,25). The van der Waals surface area contributed by atoms with E-state index in [1.807, 2.05) is 60.7 Å². The van der Waals surface area contributed by atoms with Gasteiger partial charge in [0.1, 0.15) is 17.3 Å². The van der Waals surface area contributed by atoms with E-state index in [1.54, 1.807) is 20.4 Å². The monoisotopic (exact) mass is 362 g/mol. The molecule has 27 heavy (non-hydrogen) atoms. The molecule has 0 atom stereocenters. The number of nitrogens with one attached hydrogen (secondary N) is 1. The number of rotatable bonds is 6. The smallest absolute Gasteiger partial charge is 0.194 e. The number of aliphatic imine (C=N–C) groups is 1. The first-order chi connectivity index (χ1) is 13.2. The maximum Gasteiger partial charge on any atom is 0.194 e. The Morgan fingerprint density at radius 1 is 0.963 bits per heavy atom. The Morgan fingerprint density at radius 2 is 1.67 bits per heavy atom. The first kappa shape index (κ1) is 18.3. The second-order valence-electron chi connectivity index (χ2n) is 5.76. The average Bonchev–Trinajstić information content (AvgIpc) is 2.72. The van der Waals surface area contributed by atoms with Crippen LogP contribution in [0.1, 0.15) is 5.56 Å². The fraction of sp³-hybridized carbons (Fsp3) is 0.143. The van der Waals surface area contributed by atoms with E-state index in [2.05, 4.69) is 15.3 Å². The zero-order valence-corrected chi connectivity index (χ0v) is 15.3. The van der Waals surface area contributed by atoms with E-state index in [0.717, 1.165) is 16.7 Å². The van der Waals surface area contributed by atoms with Crippen molar-refractivity contribution in [2.45, 2.75) is 6.54 Å². The maximum atomic E-state index is 6.04. The van der Waals surface area contributed by atoms with Crippen molar-refractivity contribution in [1.29, 1.82) is 0 Å². The topological polar surface area (TPSA) is 81.8 Å². The molecule has 2 aromatic carbocycles. The van der Waals surface area contributed by atoms with Crippen LogP contribution < -0.4 is 20.5 Å². The fourth-order valence-electron chi connectivity index (χ4n) is 2.73. The minimum absolute atomic E-state index is 0.265. The molecule has 0 aliphatic rings. The third-order valence-corrected chi connectivity index (χ3v) is 4.06. The van der Waals surface area contributed by atoms with Crippen LogP contribution in [-0.4, -0.2) is 25.2 Å². The van der Waals surface area contributed by atoms with Gasteiger partial charge in [0.2, 0.25) is 0 Å². The normalized spacial score (nSPS) is 11.1. The molecule has 0 saturated carbocycles. The summed E-state index contributed by atoms with van der Waals surface area (Å²) in [6.07, 6.45) is 1.74. The number of nitrogens with two attached hydrogens (primary N) is 1. The van der Waals surface area contributed by atoms with Crippen LogP contribution in [-0.2, 0) is 6.54 Å². The Kier molecular flexibility index (Phi) is 5.89. The molecule has 6 heteroatoms. The predicted molar refractivity (Wildman–Crippen MR) is 108 cm³/mol. The largest absolute Gasteiger partial charge is 0.496 e. The van der Waals surface area contributed by atoms with E-state index in [9.17, 15) is 0 Å². The van der Waals surface area contributed by atoms with Crippen LogP contribution in [0, 0.1) is 0 Å². The Hall–Kier alpha value is -3.54. The minimum atomic E-state index is 0.265. The van der Waals surface area contributed by atoms with E-state index in [0.29, 0.717) is 23.9 Å². The van der Waals surface area contributed by atoms with Crippen LogP contribution in [0.15, 0.2) is 71.9 Å². The SMILES string of the molecule is COc1cccc(OC)c1CN=C(N)Nc1cc(-c2ccccc2)ccn1. The van der Waals surface area contributed by atoms with Crippen LogP contribution in [0.25, 0.3) is 11.1 Å². The quantitative estimate of drug-likeness (QED) is 0.516. The van der Waals surface area contributed by atoms with Gasteiger partial charge in [-0.3, -0.25) is 0 Å². The summed E-state index contributed by atoms with van der Waals surface area (Å²) in [6.45, 7) is 0.324. The van der Waals surface area contributed by atoms with Gasteiger partial charge in [-0.05, 0) is 35.4 Å². The molecule has 0 spiro atoms. The first-order valence-electron chi connectivity index (χ1n) is 8.49. The highest BCUT2D eigenvalue weighted by Gasteiger charge is 2.09. The summed E-state index contributed by atoms with van der Waals surface area (Å²) in [4.78, 5) is 8.70. The molecule has 3 rings (SSSR count). The zero-order chi connectivity index (χ0) is 19.1. The lowest BCUT2D eigenvalue weighted by Crippen LogP contribution is -2.23. The number of aromatic nitrogens is 1. The number of benzene rings is 2. The predicted octanol–water partition coefficient (Wildman–Crippen LogP) is 3.69. The summed E-state index contributed by atoms with van der Waals surface area (Å²) in [5.41, 5.74) is 9.03. The van der Waals surface area contributed by atoms with Gasteiger partial charge in [-0.2, -0.15) is 0 Å². The number of anilines is 1. The molecule has 0 unspecified atom stereocenters. The average molecular weight is 362 g/mol. The molecule has 0 saturated heterocycles. The molecule has 0 amide bonds. The highest BCUT2D eigenvalue weighted by atomic mass is 16.5. The van der Waals surface area contributed by atoms with Gasteiger partial charge in [0.15, 0.2) is 5.96 Å². The molecule has 6 nitrogen and oxygen atoms in total. The second kappa shape index (κ2) is 8.71. The number of guanidine groups is 1. The summed E-state index contributed by atoms with van der Waals surface area (Å²) in [5.74, 6) is 2.30. The molecule has 1 aromatic heterocycles. The van der Waals surface area contributed by atoms with Crippen LogP contribution in [0.5, 0.6) is 11.5 Å². The summed E-state index contributed by atoms with van der Waals surface area (Å²) < 4.78 is 10.8. The Bertz CT molecular complexity index is 904. The Labute approximate surface area is 158 Å². The van der Waals surface area contributed by atoms with Crippen molar-refractivity contribution < 1.29 is 9.47 Å². The van der Waals surface area contributed by atoms with E-state index in [4.69, 9.17) is 15.2 Å². The number of ether oxygens (including phenoxy) is 2. The van der Waals surface area contributed by atoms with E-state index < -0.39 is 0 Å². The third-order valence-electron chi connectivity index (χ3n) is 4.06. The number of pyridine rings is 1. The van der Waals surface area contributed by atoms with Gasteiger partial charge >= 0.3 is 0 Å². The minimum Gasteiger partial charge on any atom is -0.496 e. The lowest BCUT2D eigenvalue weighted by molar-refractivity contribution is 0.385. The molecule has 0 fully saturated rings. The number of nitrogens with zero attached hydrogens (tertiary/aromatic N) is 2. The lowest BCUT2D eigenvalue weighted by atomic mass is 10.1. The summed E-state index contributed by atoms with van der Waals surface area (Å²) >= 11 is 0.